The molecule has 3 aromatic rings. The fourth-order valence-electron chi connectivity index (χ4n) is 3.78. The van der Waals surface area contributed by atoms with E-state index in [1.54, 1.807) is 36.2 Å². The predicted molar refractivity (Wildman–Crippen MR) is 136 cm³/mol. The Morgan fingerprint density at radius 3 is 2.32 bits per heavy atom. The summed E-state index contributed by atoms with van der Waals surface area (Å²) in [6.45, 7) is 2.79. The standard InChI is InChI=1S/C28H31ClN2O3/c1-21-9-6-7-12-23(21)20-31(26(28(33)30-2)19-22-10-4-3-5-11-22)27(32)13-8-18-34-25-16-14-24(29)15-17-25/h3-7,9-12,14-17,26H,8,13,18-20H2,1-2H3,(H,30,33)/t26-/m1/s1. The first-order chi connectivity index (χ1) is 16.5. The Morgan fingerprint density at radius 1 is 0.971 bits per heavy atom. The van der Waals surface area contributed by atoms with Gasteiger partial charge in [-0.15, -0.1) is 0 Å². The van der Waals surface area contributed by atoms with Crippen molar-refractivity contribution in [1.82, 2.24) is 10.2 Å². The van der Waals surface area contributed by atoms with Crippen molar-refractivity contribution in [3.63, 3.8) is 0 Å². The number of nitrogens with one attached hydrogen (secondary N) is 1. The third-order valence-corrected chi connectivity index (χ3v) is 5.99. The van der Waals surface area contributed by atoms with Crippen molar-refractivity contribution in [1.29, 1.82) is 0 Å². The summed E-state index contributed by atoms with van der Waals surface area (Å²) in [4.78, 5) is 28.1. The molecule has 0 aliphatic rings. The number of hydrogen-bond donors (Lipinski definition) is 1. The van der Waals surface area contributed by atoms with Crippen molar-refractivity contribution in [3.05, 3.63) is 101 Å². The van der Waals surface area contributed by atoms with Crippen LogP contribution in [0.3, 0.4) is 0 Å². The Labute approximate surface area is 206 Å². The van der Waals surface area contributed by atoms with Gasteiger partial charge in [-0.3, -0.25) is 9.59 Å². The van der Waals surface area contributed by atoms with Crippen molar-refractivity contribution in [2.75, 3.05) is 13.7 Å². The quantitative estimate of drug-likeness (QED) is 0.386. The molecular formula is C28H31ClN2O3. The molecule has 3 rings (SSSR count). The molecule has 0 aromatic heterocycles. The summed E-state index contributed by atoms with van der Waals surface area (Å²) < 4.78 is 5.74. The minimum absolute atomic E-state index is 0.0764. The fraction of sp³-hybridized carbons (Fsp3) is 0.286. The van der Waals surface area contributed by atoms with E-state index in [-0.39, 0.29) is 18.2 Å². The van der Waals surface area contributed by atoms with Gasteiger partial charge in [0.15, 0.2) is 0 Å². The molecule has 0 unspecified atom stereocenters. The number of hydrogen-bond acceptors (Lipinski definition) is 3. The van der Waals surface area contributed by atoms with Crippen LogP contribution in [0.5, 0.6) is 5.75 Å². The highest BCUT2D eigenvalue weighted by Crippen LogP contribution is 2.19. The number of ether oxygens (including phenoxy) is 1. The van der Waals surface area contributed by atoms with Gasteiger partial charge in [0, 0.05) is 31.5 Å². The lowest BCUT2D eigenvalue weighted by Crippen LogP contribution is -2.49. The van der Waals surface area contributed by atoms with Crippen molar-refractivity contribution in [3.8, 4) is 5.75 Å². The van der Waals surface area contributed by atoms with Gasteiger partial charge in [0.05, 0.1) is 6.61 Å². The molecule has 34 heavy (non-hydrogen) atoms. The molecule has 178 valence electrons. The number of carbonyl (C=O) groups is 2. The van der Waals surface area contributed by atoms with Gasteiger partial charge in [-0.05, 0) is 54.3 Å². The number of aryl methyl sites for hydroxylation is 1. The van der Waals surface area contributed by atoms with E-state index >= 15 is 0 Å². The number of likely N-dealkylation sites (N-methyl/N-ethyl adjacent to an activating group) is 1. The van der Waals surface area contributed by atoms with Gasteiger partial charge in [-0.25, -0.2) is 0 Å². The Morgan fingerprint density at radius 2 is 1.65 bits per heavy atom. The smallest absolute Gasteiger partial charge is 0.242 e. The van der Waals surface area contributed by atoms with E-state index in [1.807, 2.05) is 61.5 Å². The zero-order valence-corrected chi connectivity index (χ0v) is 20.4. The van der Waals surface area contributed by atoms with Crippen LogP contribution in [-0.2, 0) is 22.6 Å². The molecule has 2 amide bonds. The first kappa shape index (κ1) is 25.3. The van der Waals surface area contributed by atoms with Gasteiger partial charge in [-0.1, -0.05) is 66.2 Å². The molecule has 0 bridgehead atoms. The van der Waals surface area contributed by atoms with Gasteiger partial charge in [-0.2, -0.15) is 0 Å². The molecule has 6 heteroatoms. The number of nitrogens with zero attached hydrogens (tertiary/aromatic N) is 1. The van der Waals surface area contributed by atoms with Gasteiger partial charge in [0.1, 0.15) is 11.8 Å². The highest BCUT2D eigenvalue weighted by molar-refractivity contribution is 6.30. The van der Waals surface area contributed by atoms with Crippen LogP contribution in [0.2, 0.25) is 5.02 Å². The molecule has 1 atom stereocenters. The lowest BCUT2D eigenvalue weighted by Gasteiger charge is -2.31. The van der Waals surface area contributed by atoms with Gasteiger partial charge in [0.2, 0.25) is 11.8 Å². The first-order valence-electron chi connectivity index (χ1n) is 11.5. The van der Waals surface area contributed by atoms with E-state index in [1.165, 1.54) is 0 Å². The summed E-state index contributed by atoms with van der Waals surface area (Å²) in [5.74, 6) is 0.455. The van der Waals surface area contributed by atoms with E-state index in [4.69, 9.17) is 16.3 Å². The maximum absolute atomic E-state index is 13.4. The van der Waals surface area contributed by atoms with Gasteiger partial charge >= 0.3 is 0 Å². The summed E-state index contributed by atoms with van der Waals surface area (Å²) in [5, 5.41) is 3.39. The molecule has 3 aromatic carbocycles. The first-order valence-corrected chi connectivity index (χ1v) is 11.8. The molecule has 0 radical (unpaired) electrons. The monoisotopic (exact) mass is 478 g/mol. The Balaban J connectivity index is 1.75. The second-order valence-electron chi connectivity index (χ2n) is 8.17. The molecule has 0 aliphatic carbocycles. The summed E-state index contributed by atoms with van der Waals surface area (Å²) in [7, 11) is 1.61. The van der Waals surface area contributed by atoms with E-state index < -0.39 is 6.04 Å². The molecule has 0 heterocycles. The van der Waals surface area contributed by atoms with Crippen LogP contribution in [0.15, 0.2) is 78.9 Å². The summed E-state index contributed by atoms with van der Waals surface area (Å²) >= 11 is 5.91. The van der Waals surface area contributed by atoms with Gasteiger partial charge in [0.25, 0.3) is 0 Å². The predicted octanol–water partition coefficient (Wildman–Crippen LogP) is 5.19. The SMILES string of the molecule is CNC(=O)[C@@H](Cc1ccccc1)N(Cc1ccccc1C)C(=O)CCCOc1ccc(Cl)cc1. The zero-order valence-electron chi connectivity index (χ0n) is 19.7. The third-order valence-electron chi connectivity index (χ3n) is 5.74. The Kier molecular flexibility index (Phi) is 9.53. The summed E-state index contributed by atoms with van der Waals surface area (Å²) in [6, 6.07) is 24.3. The van der Waals surface area contributed by atoms with E-state index in [0.717, 1.165) is 16.7 Å². The Bertz CT molecular complexity index is 1070. The number of halogens is 1. The minimum atomic E-state index is -0.614. The molecule has 0 saturated heterocycles. The maximum Gasteiger partial charge on any atom is 0.242 e. The topological polar surface area (TPSA) is 58.6 Å². The van der Waals surface area contributed by atoms with Crippen molar-refractivity contribution in [2.45, 2.75) is 38.8 Å². The maximum atomic E-state index is 13.4. The normalized spacial score (nSPS) is 11.5. The Hall–Kier alpha value is -3.31. The van der Waals surface area contributed by atoms with Crippen molar-refractivity contribution >= 4 is 23.4 Å². The zero-order chi connectivity index (χ0) is 24.3. The molecule has 0 saturated carbocycles. The van der Waals surface area contributed by atoms with Crippen molar-refractivity contribution in [2.24, 2.45) is 0 Å². The van der Waals surface area contributed by atoms with Crippen molar-refractivity contribution < 1.29 is 14.3 Å². The highest BCUT2D eigenvalue weighted by atomic mass is 35.5. The number of rotatable bonds is 11. The van der Waals surface area contributed by atoms with Crippen LogP contribution in [0.1, 0.15) is 29.5 Å². The van der Waals surface area contributed by atoms with Gasteiger partial charge < -0.3 is 15.0 Å². The second-order valence-corrected chi connectivity index (χ2v) is 8.61. The molecule has 0 fully saturated rings. The van der Waals surface area contributed by atoms with E-state index in [0.29, 0.717) is 36.8 Å². The third kappa shape index (κ3) is 7.35. The average molecular weight is 479 g/mol. The lowest BCUT2D eigenvalue weighted by molar-refractivity contribution is -0.141. The molecule has 0 aliphatic heterocycles. The van der Waals surface area contributed by atoms with Crippen LogP contribution in [-0.4, -0.2) is 36.4 Å². The molecule has 0 spiro atoms. The van der Waals surface area contributed by atoms with Crippen LogP contribution in [0.25, 0.3) is 0 Å². The fourth-order valence-corrected chi connectivity index (χ4v) is 3.91. The molecule has 5 nitrogen and oxygen atoms in total. The van der Waals surface area contributed by atoms with Crippen LogP contribution in [0.4, 0.5) is 0 Å². The molecular weight excluding hydrogens is 448 g/mol. The van der Waals surface area contributed by atoms with Crippen LogP contribution >= 0.6 is 11.6 Å². The lowest BCUT2D eigenvalue weighted by atomic mass is 10.0. The number of benzene rings is 3. The largest absolute Gasteiger partial charge is 0.494 e. The number of carbonyl (C=O) groups excluding carboxylic acids is 2. The summed E-state index contributed by atoms with van der Waals surface area (Å²) in [6.07, 6.45) is 1.26. The van der Waals surface area contributed by atoms with E-state index in [2.05, 4.69) is 5.32 Å². The highest BCUT2D eigenvalue weighted by Gasteiger charge is 2.29. The van der Waals surface area contributed by atoms with E-state index in [9.17, 15) is 9.59 Å². The number of amides is 2. The van der Waals surface area contributed by atoms with Crippen LogP contribution in [0, 0.1) is 6.92 Å². The second kappa shape index (κ2) is 12.8. The minimum Gasteiger partial charge on any atom is -0.494 e. The molecule has 1 N–H and O–H groups in total. The summed E-state index contributed by atoms with van der Waals surface area (Å²) in [5.41, 5.74) is 3.11. The van der Waals surface area contributed by atoms with Crippen LogP contribution < -0.4 is 10.1 Å². The average Bonchev–Trinajstić information content (AvgIpc) is 2.86.